The zero-order valence-corrected chi connectivity index (χ0v) is 37.4. The van der Waals surface area contributed by atoms with E-state index < -0.39 is 0 Å². The van der Waals surface area contributed by atoms with Crippen molar-refractivity contribution < 1.29 is 50.3 Å². The van der Waals surface area contributed by atoms with E-state index in [-0.39, 0.29) is 52.7 Å². The SMILES string of the molecule is CC(C)c1ccnc(-c2[c-]c(Oc3[c-]c4c(cc3)c3ccc(Oc5[c-]c(-c6cc(C(C)C)ccn6)ccc5C(C)C)[c-]c3n4-c3ncccn3)c(C(C)C)cc2)c1.[Pd+2].[Pd+2]. The molecule has 0 saturated heterocycles. The van der Waals surface area contributed by atoms with Crippen LogP contribution in [0.2, 0.25) is 0 Å². The molecule has 0 amide bonds. The molecule has 7 nitrogen and oxygen atoms in total. The predicted octanol–water partition coefficient (Wildman–Crippen LogP) is 13.0. The van der Waals surface area contributed by atoms with Crippen molar-refractivity contribution in [2.24, 2.45) is 0 Å². The summed E-state index contributed by atoms with van der Waals surface area (Å²) in [5.74, 6) is 4.03. The van der Waals surface area contributed by atoms with Gasteiger partial charge in [-0.3, -0.25) is 0 Å². The minimum atomic E-state index is 0. The second kappa shape index (κ2) is 18.5. The van der Waals surface area contributed by atoms with E-state index in [1.807, 2.05) is 29.1 Å². The van der Waals surface area contributed by atoms with Crippen molar-refractivity contribution >= 4 is 21.8 Å². The minimum absolute atomic E-state index is 0. The van der Waals surface area contributed by atoms with Crippen LogP contribution in [-0.2, 0) is 40.8 Å². The van der Waals surface area contributed by atoms with Gasteiger partial charge >= 0.3 is 40.8 Å². The molecule has 0 aliphatic rings. The van der Waals surface area contributed by atoms with Crippen molar-refractivity contribution in [3.05, 3.63) is 150 Å². The van der Waals surface area contributed by atoms with Crippen molar-refractivity contribution in [3.8, 4) is 51.5 Å². The van der Waals surface area contributed by atoms with E-state index in [1.165, 1.54) is 11.1 Å². The Morgan fingerprint density at radius 1 is 0.475 bits per heavy atom. The number of ether oxygens (including phenoxy) is 2. The molecule has 8 aromatic rings. The van der Waals surface area contributed by atoms with Gasteiger partial charge in [-0.05, 0) is 41.4 Å². The normalized spacial score (nSPS) is 11.4. The van der Waals surface area contributed by atoms with Crippen molar-refractivity contribution in [2.75, 3.05) is 0 Å². The third kappa shape index (κ3) is 9.11. The first kappa shape index (κ1) is 43.6. The van der Waals surface area contributed by atoms with Gasteiger partial charge in [-0.15, -0.1) is 59.7 Å². The quantitative estimate of drug-likeness (QED) is 0.0950. The molecule has 0 spiro atoms. The van der Waals surface area contributed by atoms with Crippen molar-refractivity contribution in [2.45, 2.75) is 79.1 Å². The van der Waals surface area contributed by atoms with Crippen molar-refractivity contribution in [1.29, 1.82) is 0 Å². The second-order valence-electron chi connectivity index (χ2n) is 15.6. The Labute approximate surface area is 375 Å². The number of pyridine rings is 2. The molecular formula is C50H45N5O2Pd2. The molecule has 0 aliphatic carbocycles. The van der Waals surface area contributed by atoms with Crippen LogP contribution in [0.3, 0.4) is 0 Å². The average molecular weight is 961 g/mol. The summed E-state index contributed by atoms with van der Waals surface area (Å²) >= 11 is 0. The van der Waals surface area contributed by atoms with Crippen LogP contribution in [0.1, 0.15) is 101 Å². The van der Waals surface area contributed by atoms with E-state index >= 15 is 0 Å². The average Bonchev–Trinajstić information content (AvgIpc) is 3.53. The molecule has 59 heavy (non-hydrogen) atoms. The van der Waals surface area contributed by atoms with Gasteiger partial charge in [-0.2, -0.15) is 22.9 Å². The molecule has 0 N–H and O–H groups in total. The fourth-order valence-corrected chi connectivity index (χ4v) is 7.03. The Balaban J connectivity index is 0.00000293. The third-order valence-corrected chi connectivity index (χ3v) is 10.3. The molecule has 302 valence electrons. The number of rotatable bonds is 11. The molecule has 4 aromatic heterocycles. The molecule has 0 aliphatic heterocycles. The van der Waals surface area contributed by atoms with Gasteiger partial charge in [0.2, 0.25) is 5.95 Å². The number of fused-ring (bicyclic) bond motifs is 3. The smallest absolute Gasteiger partial charge is 0.503 e. The summed E-state index contributed by atoms with van der Waals surface area (Å²) in [5, 5.41) is 1.91. The van der Waals surface area contributed by atoms with E-state index in [9.17, 15) is 0 Å². The van der Waals surface area contributed by atoms with Crippen LogP contribution in [0.5, 0.6) is 23.0 Å². The van der Waals surface area contributed by atoms with Gasteiger partial charge in [0.1, 0.15) is 0 Å². The Kier molecular flexibility index (Phi) is 13.7. The maximum atomic E-state index is 6.67. The van der Waals surface area contributed by atoms with Crippen LogP contribution in [0.25, 0.3) is 50.3 Å². The number of nitrogens with zero attached hydrogens (tertiary/aromatic N) is 5. The molecule has 8 rings (SSSR count). The summed E-state index contributed by atoms with van der Waals surface area (Å²) in [4.78, 5) is 18.6. The molecule has 0 saturated carbocycles. The van der Waals surface area contributed by atoms with Crippen molar-refractivity contribution in [1.82, 2.24) is 24.5 Å². The fourth-order valence-electron chi connectivity index (χ4n) is 7.03. The first-order valence-corrected chi connectivity index (χ1v) is 19.6. The summed E-state index contributed by atoms with van der Waals surface area (Å²) in [6.07, 6.45) is 7.18. The molecule has 0 bridgehead atoms. The Morgan fingerprint density at radius 2 is 0.915 bits per heavy atom. The zero-order chi connectivity index (χ0) is 39.8. The molecule has 0 atom stereocenters. The third-order valence-electron chi connectivity index (χ3n) is 10.3. The van der Waals surface area contributed by atoms with Gasteiger partial charge < -0.3 is 24.0 Å². The first-order valence-electron chi connectivity index (χ1n) is 19.6. The van der Waals surface area contributed by atoms with Crippen LogP contribution >= 0.6 is 0 Å². The van der Waals surface area contributed by atoms with E-state index in [4.69, 9.17) is 9.47 Å². The molecule has 4 heterocycles. The molecule has 0 fully saturated rings. The predicted molar refractivity (Wildman–Crippen MR) is 228 cm³/mol. The monoisotopic (exact) mass is 959 g/mol. The first-order chi connectivity index (χ1) is 27.5. The van der Waals surface area contributed by atoms with Crippen molar-refractivity contribution in [3.63, 3.8) is 0 Å². The number of benzene rings is 4. The number of hydrogen-bond donors (Lipinski definition) is 0. The van der Waals surface area contributed by atoms with Crippen LogP contribution < -0.4 is 9.47 Å². The van der Waals surface area contributed by atoms with Crippen LogP contribution in [0.15, 0.2) is 104 Å². The van der Waals surface area contributed by atoms with Crippen LogP contribution in [-0.4, -0.2) is 24.5 Å². The maximum absolute atomic E-state index is 6.67. The van der Waals surface area contributed by atoms with Gasteiger partial charge in [0.05, 0.1) is 0 Å². The largest absolute Gasteiger partial charge is 2.00 e. The second-order valence-corrected chi connectivity index (χ2v) is 15.6. The van der Waals surface area contributed by atoms with Gasteiger partial charge in [0.15, 0.2) is 0 Å². The topological polar surface area (TPSA) is 75.0 Å². The van der Waals surface area contributed by atoms with Gasteiger partial charge in [0.25, 0.3) is 0 Å². The van der Waals surface area contributed by atoms with Crippen LogP contribution in [0.4, 0.5) is 0 Å². The summed E-state index contributed by atoms with van der Waals surface area (Å²) in [6.45, 7) is 17.3. The molecular weight excluding hydrogens is 915 g/mol. The molecule has 9 heteroatoms. The molecule has 4 aromatic carbocycles. The minimum Gasteiger partial charge on any atom is -0.503 e. The Hall–Kier alpha value is -5.02. The summed E-state index contributed by atoms with van der Waals surface area (Å²) in [6, 6.07) is 40.7. The maximum Gasteiger partial charge on any atom is 2.00 e. The van der Waals surface area contributed by atoms with Gasteiger partial charge in [-0.1, -0.05) is 125 Å². The van der Waals surface area contributed by atoms with E-state index in [2.05, 4.69) is 160 Å². The Morgan fingerprint density at radius 3 is 1.32 bits per heavy atom. The fraction of sp³-hybridized carbons (Fsp3) is 0.240. The molecule has 0 radical (unpaired) electrons. The molecule has 0 unspecified atom stereocenters. The zero-order valence-electron chi connectivity index (χ0n) is 34.3. The summed E-state index contributed by atoms with van der Waals surface area (Å²) in [5.41, 5.74) is 9.49. The van der Waals surface area contributed by atoms with E-state index in [0.29, 0.717) is 40.8 Å². The van der Waals surface area contributed by atoms with Gasteiger partial charge in [0, 0.05) is 47.8 Å². The summed E-state index contributed by atoms with van der Waals surface area (Å²) < 4.78 is 15.3. The van der Waals surface area contributed by atoms with E-state index in [0.717, 1.165) is 55.4 Å². The standard InChI is InChI=1S/C50H45N5O2.2Pd/c1-30(2)34-18-22-51-44(24-34)36-10-14-40(32(5)6)48(26-36)56-38-12-16-42-43-17-13-39(29-47(43)55(46(42)28-38)50-53-20-9-21-54-50)57-49-27-37(11-15-41(49)33(7)8)45-25-35(31(3)4)19-23-52-45;;/h9-25,30-33H,1-8H3;;/q-4;2*+2. The van der Waals surface area contributed by atoms with Crippen LogP contribution in [0, 0.1) is 24.3 Å². The number of aromatic nitrogens is 5. The summed E-state index contributed by atoms with van der Waals surface area (Å²) in [7, 11) is 0. The van der Waals surface area contributed by atoms with E-state index in [1.54, 1.807) is 18.5 Å². The Bertz CT molecular complexity index is 2560. The van der Waals surface area contributed by atoms with Gasteiger partial charge in [-0.25, -0.2) is 9.97 Å². The number of hydrogen-bond acceptors (Lipinski definition) is 6.